The standard InChI is InChI=1S/C11H17N/c1-9-5-7-11(8-6-9)10(2)12(3)4/h5-8,10H,1-4H3. The Balaban J connectivity index is 2.82. The number of rotatable bonds is 2. The van der Waals surface area contributed by atoms with E-state index in [1.165, 1.54) is 11.1 Å². The van der Waals surface area contributed by atoms with E-state index in [2.05, 4.69) is 57.1 Å². The molecule has 0 amide bonds. The molecule has 12 heavy (non-hydrogen) atoms. The van der Waals surface area contributed by atoms with Gasteiger partial charge >= 0.3 is 0 Å². The Kier molecular flexibility index (Phi) is 2.88. The summed E-state index contributed by atoms with van der Waals surface area (Å²) in [5.74, 6) is 0. The quantitative estimate of drug-likeness (QED) is 0.647. The predicted octanol–water partition coefficient (Wildman–Crippen LogP) is 2.62. The lowest BCUT2D eigenvalue weighted by Crippen LogP contribution is -2.16. The summed E-state index contributed by atoms with van der Waals surface area (Å²) in [6, 6.07) is 9.22. The lowest BCUT2D eigenvalue weighted by Gasteiger charge is -2.19. The van der Waals surface area contributed by atoms with E-state index < -0.39 is 0 Å². The normalized spacial score (nSPS) is 13.4. The van der Waals surface area contributed by atoms with Crippen molar-refractivity contribution in [3.63, 3.8) is 0 Å². The molecule has 1 atom stereocenters. The highest BCUT2D eigenvalue weighted by Crippen LogP contribution is 2.16. The first-order chi connectivity index (χ1) is 5.61. The van der Waals surface area contributed by atoms with Crippen LogP contribution < -0.4 is 0 Å². The minimum atomic E-state index is 0.505. The van der Waals surface area contributed by atoms with Gasteiger partial charge in [0, 0.05) is 6.04 Å². The number of nitrogens with zero attached hydrogens (tertiary/aromatic N) is 1. The third-order valence-corrected chi connectivity index (χ3v) is 2.33. The van der Waals surface area contributed by atoms with Crippen LogP contribution in [0.2, 0.25) is 0 Å². The molecular formula is C11H17N. The van der Waals surface area contributed by atoms with Gasteiger partial charge in [0.25, 0.3) is 0 Å². The van der Waals surface area contributed by atoms with Crippen molar-refractivity contribution < 1.29 is 0 Å². The van der Waals surface area contributed by atoms with Crippen LogP contribution in [0, 0.1) is 6.92 Å². The number of benzene rings is 1. The molecule has 0 aliphatic carbocycles. The topological polar surface area (TPSA) is 3.24 Å². The van der Waals surface area contributed by atoms with Crippen molar-refractivity contribution >= 4 is 0 Å². The van der Waals surface area contributed by atoms with Gasteiger partial charge in [-0.25, -0.2) is 0 Å². The Bertz CT molecular complexity index is 236. The summed E-state index contributed by atoms with van der Waals surface area (Å²) in [4.78, 5) is 2.21. The van der Waals surface area contributed by atoms with Crippen LogP contribution in [0.25, 0.3) is 0 Å². The summed E-state index contributed by atoms with van der Waals surface area (Å²) in [6.07, 6.45) is 0. The van der Waals surface area contributed by atoms with Gasteiger partial charge in [0.05, 0.1) is 0 Å². The summed E-state index contributed by atoms with van der Waals surface area (Å²) < 4.78 is 0. The number of hydrogen-bond donors (Lipinski definition) is 0. The zero-order chi connectivity index (χ0) is 9.14. The van der Waals surface area contributed by atoms with Crippen molar-refractivity contribution in [2.24, 2.45) is 0 Å². The van der Waals surface area contributed by atoms with Crippen LogP contribution in [0.15, 0.2) is 24.3 Å². The zero-order valence-corrected chi connectivity index (χ0v) is 8.33. The van der Waals surface area contributed by atoms with E-state index in [4.69, 9.17) is 0 Å². The highest BCUT2D eigenvalue weighted by molar-refractivity contribution is 5.23. The van der Waals surface area contributed by atoms with Crippen molar-refractivity contribution in [3.05, 3.63) is 35.4 Å². The Morgan fingerprint density at radius 2 is 1.58 bits per heavy atom. The predicted molar refractivity (Wildman–Crippen MR) is 53.3 cm³/mol. The Morgan fingerprint density at radius 1 is 1.08 bits per heavy atom. The fourth-order valence-corrected chi connectivity index (χ4v) is 1.14. The summed E-state index contributed by atoms with van der Waals surface area (Å²) in [5.41, 5.74) is 2.70. The maximum absolute atomic E-state index is 2.21. The van der Waals surface area contributed by atoms with Gasteiger partial charge < -0.3 is 4.90 Å². The van der Waals surface area contributed by atoms with Crippen LogP contribution in [0.1, 0.15) is 24.1 Å². The molecule has 0 bridgehead atoms. The van der Waals surface area contributed by atoms with Gasteiger partial charge in [-0.2, -0.15) is 0 Å². The monoisotopic (exact) mass is 163 g/mol. The SMILES string of the molecule is Cc1ccc(C(C)N(C)C)cc1. The van der Waals surface area contributed by atoms with Gasteiger partial charge in [-0.3, -0.25) is 0 Å². The van der Waals surface area contributed by atoms with E-state index in [1.807, 2.05) is 0 Å². The lowest BCUT2D eigenvalue weighted by atomic mass is 10.1. The first-order valence-electron chi connectivity index (χ1n) is 4.34. The zero-order valence-electron chi connectivity index (χ0n) is 8.33. The molecule has 66 valence electrons. The molecule has 1 rings (SSSR count). The highest BCUT2D eigenvalue weighted by atomic mass is 15.1. The molecule has 0 radical (unpaired) electrons. The molecule has 0 spiro atoms. The van der Waals surface area contributed by atoms with E-state index in [-0.39, 0.29) is 0 Å². The maximum Gasteiger partial charge on any atom is 0.0313 e. The van der Waals surface area contributed by atoms with Crippen LogP contribution >= 0.6 is 0 Å². The molecular weight excluding hydrogens is 146 g/mol. The van der Waals surface area contributed by atoms with Crippen molar-refractivity contribution in [2.75, 3.05) is 14.1 Å². The second-order valence-electron chi connectivity index (χ2n) is 3.55. The molecule has 1 aromatic carbocycles. The van der Waals surface area contributed by atoms with Crippen molar-refractivity contribution in [2.45, 2.75) is 19.9 Å². The van der Waals surface area contributed by atoms with Gasteiger partial charge in [0.2, 0.25) is 0 Å². The minimum Gasteiger partial charge on any atom is -0.303 e. The van der Waals surface area contributed by atoms with Crippen molar-refractivity contribution in [1.29, 1.82) is 0 Å². The van der Waals surface area contributed by atoms with Crippen molar-refractivity contribution in [3.8, 4) is 0 Å². The number of hydrogen-bond acceptors (Lipinski definition) is 1. The van der Waals surface area contributed by atoms with E-state index in [0.717, 1.165) is 0 Å². The van der Waals surface area contributed by atoms with E-state index in [1.54, 1.807) is 0 Å². The molecule has 0 N–H and O–H groups in total. The molecule has 0 aliphatic rings. The summed E-state index contributed by atoms with van der Waals surface area (Å²) in [7, 11) is 4.20. The maximum atomic E-state index is 2.21. The molecule has 1 nitrogen and oxygen atoms in total. The highest BCUT2D eigenvalue weighted by Gasteiger charge is 2.05. The van der Waals surface area contributed by atoms with Gasteiger partial charge in [0.1, 0.15) is 0 Å². The third-order valence-electron chi connectivity index (χ3n) is 2.33. The minimum absolute atomic E-state index is 0.505. The van der Waals surface area contributed by atoms with Crippen LogP contribution in [0.3, 0.4) is 0 Å². The molecule has 0 fully saturated rings. The molecule has 0 aliphatic heterocycles. The van der Waals surface area contributed by atoms with E-state index in [9.17, 15) is 0 Å². The Morgan fingerprint density at radius 3 is 2.00 bits per heavy atom. The average molecular weight is 163 g/mol. The van der Waals surface area contributed by atoms with Gasteiger partial charge in [-0.1, -0.05) is 29.8 Å². The van der Waals surface area contributed by atoms with Crippen LogP contribution in [-0.2, 0) is 0 Å². The molecule has 0 aromatic heterocycles. The van der Waals surface area contributed by atoms with Crippen LogP contribution in [0.4, 0.5) is 0 Å². The van der Waals surface area contributed by atoms with Crippen molar-refractivity contribution in [1.82, 2.24) is 4.90 Å². The van der Waals surface area contributed by atoms with Crippen LogP contribution in [0.5, 0.6) is 0 Å². The molecule has 1 aromatic rings. The molecule has 1 heteroatoms. The summed E-state index contributed by atoms with van der Waals surface area (Å²) in [5, 5.41) is 0. The van der Waals surface area contributed by atoms with Gasteiger partial charge in [-0.15, -0.1) is 0 Å². The molecule has 1 unspecified atom stereocenters. The molecule has 0 heterocycles. The lowest BCUT2D eigenvalue weighted by molar-refractivity contribution is 0.321. The second-order valence-corrected chi connectivity index (χ2v) is 3.55. The van der Waals surface area contributed by atoms with Gasteiger partial charge in [-0.05, 0) is 33.5 Å². The first kappa shape index (κ1) is 9.27. The molecule has 0 saturated heterocycles. The third kappa shape index (κ3) is 2.08. The summed E-state index contributed by atoms with van der Waals surface area (Å²) >= 11 is 0. The summed E-state index contributed by atoms with van der Waals surface area (Å²) in [6.45, 7) is 4.33. The Hall–Kier alpha value is -0.820. The second kappa shape index (κ2) is 3.72. The van der Waals surface area contributed by atoms with Crippen LogP contribution in [-0.4, -0.2) is 19.0 Å². The largest absolute Gasteiger partial charge is 0.303 e. The van der Waals surface area contributed by atoms with Gasteiger partial charge in [0.15, 0.2) is 0 Å². The van der Waals surface area contributed by atoms with E-state index >= 15 is 0 Å². The molecule has 0 saturated carbocycles. The first-order valence-corrected chi connectivity index (χ1v) is 4.34. The average Bonchev–Trinajstić information content (AvgIpc) is 2.04. The smallest absolute Gasteiger partial charge is 0.0313 e. The fraction of sp³-hybridized carbons (Fsp3) is 0.455. The number of aryl methyl sites for hydroxylation is 1. The Labute approximate surface area is 75.0 Å². The fourth-order valence-electron chi connectivity index (χ4n) is 1.14. The van der Waals surface area contributed by atoms with E-state index in [0.29, 0.717) is 6.04 Å².